The Hall–Kier alpha value is -1.50. The maximum atomic E-state index is 13.9. The van der Waals surface area contributed by atoms with Crippen LogP contribution in [0, 0.1) is 11.8 Å². The van der Waals surface area contributed by atoms with E-state index in [1.165, 1.54) is 0 Å². The fraction of sp³-hybridized carbons (Fsp3) is 0.733. The number of hydrogen-bond acceptors (Lipinski definition) is 5. The summed E-state index contributed by atoms with van der Waals surface area (Å²) in [6, 6.07) is 9.31. The molecule has 0 radical (unpaired) electrons. The fourth-order valence-corrected chi connectivity index (χ4v) is 5.81. The lowest BCUT2D eigenvalue weighted by atomic mass is 9.89. The van der Waals surface area contributed by atoms with Crippen LogP contribution in [0.4, 0.5) is 0 Å². The molecule has 5 nitrogen and oxygen atoms in total. The summed E-state index contributed by atoms with van der Waals surface area (Å²) in [4.78, 5) is 29.5. The molecule has 6 heteroatoms. The monoisotopic (exact) mass is 517 g/mol. The van der Waals surface area contributed by atoms with Crippen molar-refractivity contribution in [2.24, 2.45) is 11.8 Å². The Bertz CT molecular complexity index is 852. The summed E-state index contributed by atoms with van der Waals surface area (Å²) in [5.41, 5.74) is 0.512. The van der Waals surface area contributed by atoms with Crippen molar-refractivity contribution in [1.29, 1.82) is 0 Å². The van der Waals surface area contributed by atoms with Gasteiger partial charge in [-0.1, -0.05) is 77.8 Å². The van der Waals surface area contributed by atoms with E-state index in [-0.39, 0.29) is 28.8 Å². The average molecular weight is 518 g/mol. The number of hydrogen-bond donors (Lipinski definition) is 0. The Balaban J connectivity index is 2.45. The van der Waals surface area contributed by atoms with Crippen LogP contribution in [0.25, 0.3) is 0 Å². The van der Waals surface area contributed by atoms with E-state index in [9.17, 15) is 9.59 Å². The highest BCUT2D eigenvalue weighted by Crippen LogP contribution is 2.40. The lowest BCUT2D eigenvalue weighted by Crippen LogP contribution is -2.48. The quantitative estimate of drug-likeness (QED) is 0.233. The Morgan fingerprint density at radius 3 is 2.11 bits per heavy atom. The Morgan fingerprint density at radius 1 is 1.03 bits per heavy atom. The summed E-state index contributed by atoms with van der Waals surface area (Å²) in [7, 11) is -2.01. The summed E-state index contributed by atoms with van der Waals surface area (Å²) in [5, 5.41) is 0.0783. The zero-order valence-corrected chi connectivity index (χ0v) is 25.5. The van der Waals surface area contributed by atoms with Crippen LogP contribution in [-0.4, -0.2) is 49.3 Å². The number of esters is 1. The number of benzene rings is 1. The largest absolute Gasteiger partial charge is 0.459 e. The number of ketones is 1. The number of Topliss-reactive ketones (excluding diaryl/α,β-unsaturated/α-hetero) is 1. The van der Waals surface area contributed by atoms with Crippen LogP contribution < -0.4 is 0 Å². The third kappa shape index (κ3) is 8.25. The molecule has 0 amide bonds. The number of rotatable bonds is 11. The fourth-order valence-electron chi connectivity index (χ4n) is 4.74. The van der Waals surface area contributed by atoms with E-state index in [4.69, 9.17) is 9.16 Å². The molecule has 2 rings (SSSR count). The second-order valence-corrected chi connectivity index (χ2v) is 17.9. The zero-order valence-electron chi connectivity index (χ0n) is 24.5. The zero-order chi connectivity index (χ0) is 27.3. The number of carbonyl (C=O) groups is 2. The lowest BCUT2D eigenvalue weighted by Gasteiger charge is -2.38. The Morgan fingerprint density at radius 2 is 1.61 bits per heavy atom. The number of likely N-dealkylation sites (tertiary alicyclic amines) is 1. The lowest BCUT2D eigenvalue weighted by molar-refractivity contribution is -0.161. The highest BCUT2D eigenvalue weighted by molar-refractivity contribution is 6.74. The van der Waals surface area contributed by atoms with Gasteiger partial charge >= 0.3 is 5.97 Å². The molecule has 1 aliphatic rings. The summed E-state index contributed by atoms with van der Waals surface area (Å²) in [5.74, 6) is 0.309. The minimum atomic E-state index is -2.01. The maximum Gasteiger partial charge on any atom is 0.323 e. The smallest absolute Gasteiger partial charge is 0.323 e. The molecule has 1 saturated heterocycles. The highest BCUT2D eigenvalue weighted by atomic mass is 28.4. The minimum Gasteiger partial charge on any atom is -0.459 e. The third-order valence-corrected chi connectivity index (χ3v) is 12.6. The van der Waals surface area contributed by atoms with E-state index < -0.39 is 20.0 Å². The van der Waals surface area contributed by atoms with Gasteiger partial charge < -0.3 is 9.16 Å². The molecule has 1 fully saturated rings. The molecule has 1 aromatic rings. The molecule has 0 aromatic heterocycles. The van der Waals surface area contributed by atoms with Gasteiger partial charge in [0.1, 0.15) is 11.6 Å². The molecule has 36 heavy (non-hydrogen) atoms. The van der Waals surface area contributed by atoms with Crippen molar-refractivity contribution in [2.75, 3.05) is 6.61 Å². The van der Waals surface area contributed by atoms with E-state index in [0.29, 0.717) is 31.9 Å². The van der Waals surface area contributed by atoms with E-state index in [1.54, 1.807) is 0 Å². The predicted molar refractivity (Wildman–Crippen MR) is 150 cm³/mol. The molecule has 204 valence electrons. The second-order valence-electron chi connectivity index (χ2n) is 13.1. The van der Waals surface area contributed by atoms with E-state index in [0.717, 1.165) is 18.4 Å². The van der Waals surface area contributed by atoms with Crippen LogP contribution in [0.1, 0.15) is 86.6 Å². The van der Waals surface area contributed by atoms with E-state index in [1.807, 2.05) is 39.0 Å². The van der Waals surface area contributed by atoms with Crippen molar-refractivity contribution in [3.63, 3.8) is 0 Å². The number of ether oxygens (including phenoxy) is 1. The number of carbonyl (C=O) groups excluding carboxylic acids is 2. The van der Waals surface area contributed by atoms with Gasteiger partial charge in [-0.05, 0) is 56.8 Å². The molecular weight excluding hydrogens is 466 g/mol. The summed E-state index contributed by atoms with van der Waals surface area (Å²) in [6.45, 7) is 22.2. The first-order valence-corrected chi connectivity index (χ1v) is 16.7. The minimum absolute atomic E-state index is 0.0396. The molecule has 0 N–H and O–H groups in total. The van der Waals surface area contributed by atoms with Crippen molar-refractivity contribution >= 4 is 20.1 Å². The van der Waals surface area contributed by atoms with Gasteiger partial charge in [0.05, 0.1) is 6.04 Å². The van der Waals surface area contributed by atoms with Gasteiger partial charge in [0.2, 0.25) is 0 Å². The first kappa shape index (κ1) is 30.7. The SMILES string of the molecule is CCC(CC)CC(=O)[C@H]1[C@H](CO[Si](C)(C)C(C)(C)C)CC(C(=O)OC(C)(C)C)N1Cc1ccccc1. The summed E-state index contributed by atoms with van der Waals surface area (Å²) < 4.78 is 12.5. The van der Waals surface area contributed by atoms with Crippen LogP contribution in [-0.2, 0) is 25.3 Å². The summed E-state index contributed by atoms with van der Waals surface area (Å²) in [6.07, 6.45) is 3.08. The Kier molecular flexibility index (Phi) is 10.5. The molecule has 0 saturated carbocycles. The topological polar surface area (TPSA) is 55.8 Å². The van der Waals surface area contributed by atoms with Crippen LogP contribution in [0.15, 0.2) is 30.3 Å². The van der Waals surface area contributed by atoms with Crippen LogP contribution in [0.2, 0.25) is 18.1 Å². The molecule has 3 atom stereocenters. The van der Waals surface area contributed by atoms with Gasteiger partial charge in [-0.15, -0.1) is 0 Å². The van der Waals surface area contributed by atoms with Crippen LogP contribution in [0.3, 0.4) is 0 Å². The van der Waals surface area contributed by atoms with Gasteiger partial charge in [0, 0.05) is 25.5 Å². The van der Waals surface area contributed by atoms with Crippen molar-refractivity contribution in [3.8, 4) is 0 Å². The van der Waals surface area contributed by atoms with Gasteiger partial charge in [-0.3, -0.25) is 14.5 Å². The standard InChI is InChI=1S/C30H51NO4Si/c1-11-22(12-2)18-26(32)27-24(21-34-36(9,10)30(6,7)8)19-25(28(33)35-29(3,4)5)31(27)20-23-16-14-13-15-17-23/h13-17,22,24-25,27H,11-12,18-21H2,1-10H3/t24-,25?,27+/m0/s1. The molecule has 0 bridgehead atoms. The van der Waals surface area contributed by atoms with E-state index in [2.05, 4.69) is 64.7 Å². The first-order valence-electron chi connectivity index (χ1n) is 13.8. The van der Waals surface area contributed by atoms with E-state index >= 15 is 0 Å². The van der Waals surface area contributed by atoms with Crippen molar-refractivity contribution in [1.82, 2.24) is 4.90 Å². The molecule has 1 aliphatic heterocycles. The molecule has 0 aliphatic carbocycles. The molecule has 1 heterocycles. The van der Waals surface area contributed by atoms with Crippen molar-refractivity contribution in [3.05, 3.63) is 35.9 Å². The summed E-state index contributed by atoms with van der Waals surface area (Å²) >= 11 is 0. The van der Waals surface area contributed by atoms with Crippen LogP contribution in [0.5, 0.6) is 0 Å². The van der Waals surface area contributed by atoms with Crippen molar-refractivity contribution < 1.29 is 18.8 Å². The predicted octanol–water partition coefficient (Wildman–Crippen LogP) is 7.00. The van der Waals surface area contributed by atoms with Gasteiger partial charge in [-0.25, -0.2) is 0 Å². The molecule has 0 spiro atoms. The number of nitrogens with zero attached hydrogens (tertiary/aromatic N) is 1. The second kappa shape index (κ2) is 12.4. The third-order valence-electron chi connectivity index (χ3n) is 8.06. The van der Waals surface area contributed by atoms with Crippen molar-refractivity contribution in [2.45, 2.75) is 123 Å². The molecule has 1 unspecified atom stereocenters. The van der Waals surface area contributed by atoms with Gasteiger partial charge in [0.25, 0.3) is 0 Å². The molecular formula is C30H51NO4Si. The normalized spacial score (nSPS) is 21.7. The first-order chi connectivity index (χ1) is 16.6. The van der Waals surface area contributed by atoms with Gasteiger partial charge in [0.15, 0.2) is 14.1 Å². The Labute approximate surface area is 221 Å². The average Bonchev–Trinajstić information content (AvgIpc) is 3.13. The molecule has 1 aromatic carbocycles. The van der Waals surface area contributed by atoms with Crippen LogP contribution >= 0.6 is 0 Å². The maximum absolute atomic E-state index is 13.9. The van der Waals surface area contributed by atoms with Gasteiger partial charge in [-0.2, -0.15) is 0 Å². The highest BCUT2D eigenvalue weighted by Gasteiger charge is 2.50.